The van der Waals surface area contributed by atoms with Crippen molar-refractivity contribution in [3.63, 3.8) is 0 Å². The zero-order valence-corrected chi connectivity index (χ0v) is 14.1. The van der Waals surface area contributed by atoms with E-state index in [1.165, 1.54) is 5.70 Å². The van der Waals surface area contributed by atoms with Crippen LogP contribution in [0.2, 0.25) is 0 Å². The number of hydrogen-bond donors (Lipinski definition) is 1. The standard InChI is InChI=1S/C20H21ClN2/c1-15-6-5-9-19(12-15)23-14-17-11-10-16(20(17)21)13-22-18-7-3-2-4-8-18/h2-9,13-15,23H,10-12H2,1H3. The molecule has 0 spiro atoms. The molecule has 0 amide bonds. The highest BCUT2D eigenvalue weighted by Gasteiger charge is 2.17. The van der Waals surface area contributed by atoms with Gasteiger partial charge in [0, 0.05) is 23.1 Å². The van der Waals surface area contributed by atoms with Crippen LogP contribution in [0.5, 0.6) is 0 Å². The number of halogens is 1. The van der Waals surface area contributed by atoms with Crippen molar-refractivity contribution in [1.82, 2.24) is 5.32 Å². The minimum absolute atomic E-state index is 0.587. The van der Waals surface area contributed by atoms with Crippen molar-refractivity contribution in [1.29, 1.82) is 0 Å². The third-order valence-corrected chi connectivity index (χ3v) is 4.55. The van der Waals surface area contributed by atoms with Gasteiger partial charge < -0.3 is 5.32 Å². The first kappa shape index (κ1) is 15.8. The Morgan fingerprint density at radius 3 is 2.83 bits per heavy atom. The summed E-state index contributed by atoms with van der Waals surface area (Å²) in [7, 11) is 0. The molecule has 0 bridgehead atoms. The molecule has 1 aromatic rings. The molecule has 1 aromatic carbocycles. The van der Waals surface area contributed by atoms with Gasteiger partial charge >= 0.3 is 0 Å². The molecule has 0 saturated carbocycles. The van der Waals surface area contributed by atoms with Gasteiger partial charge in [0.2, 0.25) is 0 Å². The van der Waals surface area contributed by atoms with Gasteiger partial charge in [0.15, 0.2) is 0 Å². The van der Waals surface area contributed by atoms with Crippen LogP contribution in [0.3, 0.4) is 0 Å². The zero-order valence-electron chi connectivity index (χ0n) is 13.3. The van der Waals surface area contributed by atoms with Gasteiger partial charge in [-0.15, -0.1) is 0 Å². The maximum Gasteiger partial charge on any atom is 0.0629 e. The van der Waals surface area contributed by atoms with Gasteiger partial charge in [-0.2, -0.15) is 0 Å². The van der Waals surface area contributed by atoms with Gasteiger partial charge in [-0.25, -0.2) is 0 Å². The second kappa shape index (κ2) is 7.47. The molecule has 1 N–H and O–H groups in total. The van der Waals surface area contributed by atoms with Crippen LogP contribution in [-0.4, -0.2) is 6.21 Å². The summed E-state index contributed by atoms with van der Waals surface area (Å²) < 4.78 is 0. The number of allylic oxidation sites excluding steroid dienone is 7. The monoisotopic (exact) mass is 324 g/mol. The molecule has 1 unspecified atom stereocenters. The van der Waals surface area contributed by atoms with Crippen molar-refractivity contribution in [2.24, 2.45) is 10.9 Å². The fourth-order valence-corrected chi connectivity index (χ4v) is 3.04. The van der Waals surface area contributed by atoms with Crippen molar-refractivity contribution < 1.29 is 0 Å². The van der Waals surface area contributed by atoms with Crippen LogP contribution >= 0.6 is 11.6 Å². The number of aliphatic imine (C=N–C) groups is 1. The number of nitrogens with one attached hydrogen (secondary N) is 1. The second-order valence-electron chi connectivity index (χ2n) is 6.01. The molecule has 0 aromatic heterocycles. The van der Waals surface area contributed by atoms with E-state index in [4.69, 9.17) is 11.6 Å². The number of benzene rings is 1. The van der Waals surface area contributed by atoms with Crippen LogP contribution in [0.4, 0.5) is 5.69 Å². The first-order valence-electron chi connectivity index (χ1n) is 8.03. The van der Waals surface area contributed by atoms with Gasteiger partial charge in [-0.3, -0.25) is 4.99 Å². The molecule has 3 heteroatoms. The van der Waals surface area contributed by atoms with E-state index in [-0.39, 0.29) is 0 Å². The Bertz CT molecular complexity index is 708. The van der Waals surface area contributed by atoms with E-state index in [9.17, 15) is 0 Å². The zero-order chi connectivity index (χ0) is 16.1. The lowest BCUT2D eigenvalue weighted by Gasteiger charge is -2.14. The SMILES string of the molecule is CC1C=CC=C(NC=C2CCC(C=Nc3ccccc3)=C2Cl)C1. The summed E-state index contributed by atoms with van der Waals surface area (Å²) in [4.78, 5) is 4.50. The smallest absolute Gasteiger partial charge is 0.0629 e. The maximum absolute atomic E-state index is 6.50. The number of hydrogen-bond acceptors (Lipinski definition) is 2. The first-order chi connectivity index (χ1) is 11.2. The summed E-state index contributed by atoms with van der Waals surface area (Å²) in [5, 5.41) is 4.23. The quantitative estimate of drug-likeness (QED) is 0.713. The van der Waals surface area contributed by atoms with Crippen LogP contribution in [0.15, 0.2) is 81.6 Å². The Kier molecular flexibility index (Phi) is 5.14. The number of nitrogens with zero attached hydrogens (tertiary/aromatic N) is 1. The first-order valence-corrected chi connectivity index (χ1v) is 8.41. The summed E-state index contributed by atoms with van der Waals surface area (Å²) in [6.07, 6.45) is 13.3. The highest BCUT2D eigenvalue weighted by molar-refractivity contribution is 6.34. The summed E-state index contributed by atoms with van der Waals surface area (Å²) in [5.74, 6) is 0.587. The van der Waals surface area contributed by atoms with E-state index in [1.807, 2.05) is 42.7 Å². The lowest BCUT2D eigenvalue weighted by Crippen LogP contribution is -2.10. The van der Waals surface area contributed by atoms with Gasteiger partial charge in [0.1, 0.15) is 0 Å². The van der Waals surface area contributed by atoms with Crippen molar-refractivity contribution in [2.75, 3.05) is 0 Å². The highest BCUT2D eigenvalue weighted by atomic mass is 35.5. The Hall–Kier alpha value is -2.06. The minimum Gasteiger partial charge on any atom is -0.365 e. The van der Waals surface area contributed by atoms with E-state index in [2.05, 4.69) is 35.5 Å². The molecule has 0 saturated heterocycles. The molecule has 23 heavy (non-hydrogen) atoms. The molecule has 1 atom stereocenters. The molecule has 118 valence electrons. The van der Waals surface area contributed by atoms with Crippen molar-refractivity contribution in [3.05, 3.63) is 76.6 Å². The average Bonchev–Trinajstić information content (AvgIpc) is 2.92. The molecule has 2 aliphatic carbocycles. The summed E-state index contributed by atoms with van der Waals surface area (Å²) >= 11 is 6.50. The lowest BCUT2D eigenvalue weighted by atomic mass is 10.0. The van der Waals surface area contributed by atoms with E-state index in [1.54, 1.807) is 0 Å². The summed E-state index contributed by atoms with van der Waals surface area (Å²) in [5.41, 5.74) is 4.45. The third kappa shape index (κ3) is 4.23. The third-order valence-electron chi connectivity index (χ3n) is 4.06. The highest BCUT2D eigenvalue weighted by Crippen LogP contribution is 2.33. The van der Waals surface area contributed by atoms with Crippen LogP contribution < -0.4 is 5.32 Å². The van der Waals surface area contributed by atoms with E-state index >= 15 is 0 Å². The average molecular weight is 325 g/mol. The fourth-order valence-electron chi connectivity index (χ4n) is 2.75. The van der Waals surface area contributed by atoms with Crippen LogP contribution in [0, 0.1) is 5.92 Å². The Labute approximate surface area is 143 Å². The molecule has 0 aliphatic heterocycles. The summed E-state index contributed by atoms with van der Waals surface area (Å²) in [6, 6.07) is 9.94. The second-order valence-corrected chi connectivity index (χ2v) is 6.38. The molecular weight excluding hydrogens is 304 g/mol. The predicted octanol–water partition coefficient (Wildman–Crippen LogP) is 5.63. The van der Waals surface area contributed by atoms with E-state index in [0.717, 1.165) is 41.1 Å². The molecule has 0 heterocycles. The van der Waals surface area contributed by atoms with Gasteiger partial charge in [-0.05, 0) is 54.5 Å². The van der Waals surface area contributed by atoms with Gasteiger partial charge in [0.05, 0.1) is 5.69 Å². The van der Waals surface area contributed by atoms with Gasteiger partial charge in [0.25, 0.3) is 0 Å². The molecule has 2 aliphatic rings. The molecule has 0 fully saturated rings. The molecular formula is C20H21ClN2. The topological polar surface area (TPSA) is 24.4 Å². The Balaban J connectivity index is 1.67. The molecule has 0 radical (unpaired) electrons. The van der Waals surface area contributed by atoms with E-state index < -0.39 is 0 Å². The number of rotatable bonds is 4. The van der Waals surface area contributed by atoms with Gasteiger partial charge in [-0.1, -0.05) is 48.9 Å². The van der Waals surface area contributed by atoms with E-state index in [0.29, 0.717) is 5.92 Å². The largest absolute Gasteiger partial charge is 0.365 e. The lowest BCUT2D eigenvalue weighted by molar-refractivity contribution is 0.678. The summed E-state index contributed by atoms with van der Waals surface area (Å²) in [6.45, 7) is 2.22. The Morgan fingerprint density at radius 1 is 1.22 bits per heavy atom. The van der Waals surface area contributed by atoms with Crippen molar-refractivity contribution in [2.45, 2.75) is 26.2 Å². The van der Waals surface area contributed by atoms with Crippen molar-refractivity contribution in [3.8, 4) is 0 Å². The normalized spacial score (nSPS) is 23.0. The predicted molar refractivity (Wildman–Crippen MR) is 98.9 cm³/mol. The minimum atomic E-state index is 0.587. The molecule has 2 nitrogen and oxygen atoms in total. The van der Waals surface area contributed by atoms with Crippen LogP contribution in [-0.2, 0) is 0 Å². The molecule has 3 rings (SSSR count). The number of para-hydroxylation sites is 1. The van der Waals surface area contributed by atoms with Crippen LogP contribution in [0.1, 0.15) is 26.2 Å². The fraction of sp³-hybridized carbons (Fsp3) is 0.250. The van der Waals surface area contributed by atoms with Crippen LogP contribution in [0.25, 0.3) is 0 Å². The van der Waals surface area contributed by atoms with Crippen molar-refractivity contribution >= 4 is 23.5 Å². The Morgan fingerprint density at radius 2 is 2.04 bits per heavy atom. The maximum atomic E-state index is 6.50.